The van der Waals surface area contributed by atoms with Crippen LogP contribution in [0.25, 0.3) is 0 Å². The molecule has 0 aliphatic rings. The summed E-state index contributed by atoms with van der Waals surface area (Å²) in [6, 6.07) is 10.3. The third kappa shape index (κ3) is 2.84. The van der Waals surface area contributed by atoms with E-state index in [0.717, 1.165) is 0 Å². The summed E-state index contributed by atoms with van der Waals surface area (Å²) >= 11 is 3.22. The van der Waals surface area contributed by atoms with Gasteiger partial charge in [-0.15, -0.1) is 0 Å². The summed E-state index contributed by atoms with van der Waals surface area (Å²) in [6.45, 7) is 0. The summed E-state index contributed by atoms with van der Waals surface area (Å²) in [5, 5.41) is 0. The predicted octanol–water partition coefficient (Wildman–Crippen LogP) is 3.79. The van der Waals surface area contributed by atoms with E-state index in [0.29, 0.717) is 4.47 Å². The Bertz CT molecular complexity index is 694. The molecule has 0 aliphatic heterocycles. The molecule has 0 atom stereocenters. The third-order valence-electron chi connectivity index (χ3n) is 2.49. The Morgan fingerprint density at radius 3 is 2.58 bits per heavy atom. The van der Waals surface area contributed by atoms with Gasteiger partial charge in [0.05, 0.1) is 16.8 Å². The standard InChI is InChI=1S/C14H7BrFNO2/c15-9-5-6-13(17-8-18)11(7-9)14(19)10-3-1-2-4-12(10)16/h1-7H. The van der Waals surface area contributed by atoms with Gasteiger partial charge in [-0.2, -0.15) is 4.99 Å². The van der Waals surface area contributed by atoms with Crippen molar-refractivity contribution in [3.05, 3.63) is 63.9 Å². The van der Waals surface area contributed by atoms with Crippen LogP contribution in [0, 0.1) is 5.82 Å². The third-order valence-corrected chi connectivity index (χ3v) is 2.98. The average molecular weight is 320 g/mol. The fraction of sp³-hybridized carbons (Fsp3) is 0. The topological polar surface area (TPSA) is 46.5 Å². The molecule has 2 aromatic rings. The van der Waals surface area contributed by atoms with E-state index in [-0.39, 0.29) is 16.8 Å². The normalized spacial score (nSPS) is 9.79. The first-order valence-corrected chi connectivity index (χ1v) is 6.09. The lowest BCUT2D eigenvalue weighted by Gasteiger charge is -2.05. The minimum atomic E-state index is -0.617. The van der Waals surface area contributed by atoms with Gasteiger partial charge in [-0.1, -0.05) is 28.1 Å². The molecule has 3 nitrogen and oxygen atoms in total. The Morgan fingerprint density at radius 2 is 1.89 bits per heavy atom. The molecule has 2 aromatic carbocycles. The van der Waals surface area contributed by atoms with E-state index in [2.05, 4.69) is 20.9 Å². The molecule has 0 radical (unpaired) electrons. The highest BCUT2D eigenvalue weighted by Gasteiger charge is 2.17. The van der Waals surface area contributed by atoms with Crippen molar-refractivity contribution >= 4 is 33.5 Å². The van der Waals surface area contributed by atoms with Gasteiger partial charge >= 0.3 is 0 Å². The van der Waals surface area contributed by atoms with Crippen LogP contribution in [0.4, 0.5) is 10.1 Å². The predicted molar refractivity (Wildman–Crippen MR) is 71.8 cm³/mol. The first kappa shape index (κ1) is 13.3. The van der Waals surface area contributed by atoms with Crippen molar-refractivity contribution < 1.29 is 14.0 Å². The second-order valence-corrected chi connectivity index (χ2v) is 4.59. The number of isocyanates is 1. The molecule has 0 bridgehead atoms. The van der Waals surface area contributed by atoms with Crippen LogP contribution >= 0.6 is 15.9 Å². The van der Waals surface area contributed by atoms with Gasteiger partial charge in [0.1, 0.15) is 5.82 Å². The molecule has 0 heterocycles. The van der Waals surface area contributed by atoms with Crippen molar-refractivity contribution in [2.45, 2.75) is 0 Å². The smallest absolute Gasteiger partial charge is 0.240 e. The lowest BCUT2D eigenvalue weighted by atomic mass is 10.0. The molecule has 94 valence electrons. The average Bonchev–Trinajstić information content (AvgIpc) is 2.41. The zero-order valence-corrected chi connectivity index (χ0v) is 11.1. The lowest BCUT2D eigenvalue weighted by Crippen LogP contribution is -2.04. The summed E-state index contributed by atoms with van der Waals surface area (Å²) in [4.78, 5) is 26.1. The molecular formula is C14H7BrFNO2. The van der Waals surface area contributed by atoms with Crippen molar-refractivity contribution in [3.63, 3.8) is 0 Å². The van der Waals surface area contributed by atoms with Gasteiger partial charge in [0, 0.05) is 4.47 Å². The van der Waals surface area contributed by atoms with Crippen LogP contribution in [0.5, 0.6) is 0 Å². The maximum absolute atomic E-state index is 13.6. The quantitative estimate of drug-likeness (QED) is 0.491. The molecule has 0 spiro atoms. The summed E-state index contributed by atoms with van der Waals surface area (Å²) in [5.74, 6) is -1.15. The number of benzene rings is 2. The van der Waals surface area contributed by atoms with Crippen molar-refractivity contribution in [1.29, 1.82) is 0 Å². The van der Waals surface area contributed by atoms with E-state index in [9.17, 15) is 14.0 Å². The van der Waals surface area contributed by atoms with Crippen LogP contribution in [0.2, 0.25) is 0 Å². The maximum Gasteiger partial charge on any atom is 0.240 e. The van der Waals surface area contributed by atoms with E-state index < -0.39 is 11.6 Å². The number of aliphatic imine (C=N–C) groups is 1. The van der Waals surface area contributed by atoms with Crippen LogP contribution in [-0.4, -0.2) is 11.9 Å². The van der Waals surface area contributed by atoms with Crippen molar-refractivity contribution in [2.75, 3.05) is 0 Å². The summed E-state index contributed by atoms with van der Waals surface area (Å²) in [7, 11) is 0. The number of rotatable bonds is 3. The molecule has 2 rings (SSSR count). The Hall–Kier alpha value is -2.10. The first-order valence-electron chi connectivity index (χ1n) is 5.30. The van der Waals surface area contributed by atoms with E-state index in [1.165, 1.54) is 36.4 Å². The SMILES string of the molecule is O=C=Nc1ccc(Br)cc1C(=O)c1ccccc1F. The number of carbonyl (C=O) groups excluding carboxylic acids is 2. The van der Waals surface area contributed by atoms with E-state index in [4.69, 9.17) is 0 Å². The highest BCUT2D eigenvalue weighted by Crippen LogP contribution is 2.26. The van der Waals surface area contributed by atoms with Gasteiger partial charge in [0.15, 0.2) is 5.78 Å². The highest BCUT2D eigenvalue weighted by molar-refractivity contribution is 9.10. The fourth-order valence-electron chi connectivity index (χ4n) is 1.63. The fourth-order valence-corrected chi connectivity index (χ4v) is 1.99. The molecule has 0 saturated carbocycles. The van der Waals surface area contributed by atoms with Gasteiger partial charge in [-0.05, 0) is 30.3 Å². The van der Waals surface area contributed by atoms with Crippen molar-refractivity contribution in [2.24, 2.45) is 4.99 Å². The van der Waals surface area contributed by atoms with Gasteiger partial charge in [0.25, 0.3) is 0 Å². The maximum atomic E-state index is 13.6. The lowest BCUT2D eigenvalue weighted by molar-refractivity contribution is 0.103. The zero-order chi connectivity index (χ0) is 13.8. The van der Waals surface area contributed by atoms with Crippen LogP contribution < -0.4 is 0 Å². The zero-order valence-electron chi connectivity index (χ0n) is 9.56. The molecule has 0 amide bonds. The summed E-state index contributed by atoms with van der Waals surface area (Å²) in [6.07, 6.45) is 1.38. The van der Waals surface area contributed by atoms with Crippen molar-refractivity contribution in [3.8, 4) is 0 Å². The van der Waals surface area contributed by atoms with Crippen molar-refractivity contribution in [1.82, 2.24) is 0 Å². The number of carbonyl (C=O) groups is 1. The number of hydrogen-bond donors (Lipinski definition) is 0. The van der Waals surface area contributed by atoms with Crippen LogP contribution in [0.15, 0.2) is 51.9 Å². The molecule has 0 aromatic heterocycles. The second kappa shape index (κ2) is 5.69. The van der Waals surface area contributed by atoms with Gasteiger partial charge < -0.3 is 0 Å². The number of ketones is 1. The van der Waals surface area contributed by atoms with Gasteiger partial charge in [-0.25, -0.2) is 9.18 Å². The molecule has 0 fully saturated rings. The number of halogens is 2. The highest BCUT2D eigenvalue weighted by atomic mass is 79.9. The molecular weight excluding hydrogens is 313 g/mol. The summed E-state index contributed by atoms with van der Waals surface area (Å²) in [5.41, 5.74) is 0.234. The van der Waals surface area contributed by atoms with E-state index in [1.807, 2.05) is 0 Å². The minimum absolute atomic E-state index is 0.0667. The van der Waals surface area contributed by atoms with Gasteiger partial charge in [0.2, 0.25) is 6.08 Å². The molecule has 5 heteroatoms. The number of hydrogen-bond acceptors (Lipinski definition) is 3. The molecule has 19 heavy (non-hydrogen) atoms. The Balaban J connectivity index is 2.58. The molecule has 0 aliphatic carbocycles. The van der Waals surface area contributed by atoms with Gasteiger partial charge in [-0.3, -0.25) is 4.79 Å². The molecule has 0 unspecified atom stereocenters. The van der Waals surface area contributed by atoms with E-state index >= 15 is 0 Å². The Morgan fingerprint density at radius 1 is 1.16 bits per heavy atom. The Labute approximate surface area is 116 Å². The van der Waals surface area contributed by atoms with Crippen LogP contribution in [0.1, 0.15) is 15.9 Å². The van der Waals surface area contributed by atoms with Crippen LogP contribution in [-0.2, 0) is 4.79 Å². The molecule has 0 saturated heterocycles. The Kier molecular flexibility index (Phi) is 4.00. The minimum Gasteiger partial charge on any atom is -0.288 e. The second-order valence-electron chi connectivity index (χ2n) is 3.67. The molecule has 0 N–H and O–H groups in total. The van der Waals surface area contributed by atoms with E-state index in [1.54, 1.807) is 12.1 Å². The van der Waals surface area contributed by atoms with Crippen LogP contribution in [0.3, 0.4) is 0 Å². The first-order chi connectivity index (χ1) is 9.13. The monoisotopic (exact) mass is 319 g/mol. The summed E-state index contributed by atoms with van der Waals surface area (Å²) < 4.78 is 14.2. The number of nitrogens with zero attached hydrogens (tertiary/aromatic N) is 1. The largest absolute Gasteiger partial charge is 0.288 e.